The number of thioether (sulfide) groups is 1. The summed E-state index contributed by atoms with van der Waals surface area (Å²) < 4.78 is 2.09. The molecule has 0 fully saturated rings. The van der Waals surface area contributed by atoms with Gasteiger partial charge in [-0.25, -0.2) is 0 Å². The van der Waals surface area contributed by atoms with Crippen LogP contribution in [0.1, 0.15) is 5.69 Å². The van der Waals surface area contributed by atoms with Crippen molar-refractivity contribution >= 4 is 42.7 Å². The zero-order valence-corrected chi connectivity index (χ0v) is 13.2. The molecule has 7 heteroatoms. The molecule has 0 saturated carbocycles. The Bertz CT molecular complexity index is 665. The normalized spacial score (nSPS) is 10.7. The van der Waals surface area contributed by atoms with E-state index in [-0.39, 0.29) is 0 Å². The van der Waals surface area contributed by atoms with Crippen LogP contribution in [0.3, 0.4) is 0 Å². The summed E-state index contributed by atoms with van der Waals surface area (Å²) in [5.41, 5.74) is 7.90. The predicted octanol–water partition coefficient (Wildman–Crippen LogP) is 2.53. The molecule has 0 saturated heterocycles. The summed E-state index contributed by atoms with van der Waals surface area (Å²) in [4.78, 5) is 6.92. The van der Waals surface area contributed by atoms with Crippen molar-refractivity contribution in [2.45, 2.75) is 10.1 Å². The molecule has 0 radical (unpaired) electrons. The van der Waals surface area contributed by atoms with Gasteiger partial charge in [-0.3, -0.25) is 0 Å². The number of hydrogen-bond donors (Lipinski definition) is 1. The van der Waals surface area contributed by atoms with Crippen LogP contribution < -0.4 is 5.73 Å². The van der Waals surface area contributed by atoms with Crippen LogP contribution in [-0.4, -0.2) is 29.7 Å². The van der Waals surface area contributed by atoms with E-state index in [1.807, 2.05) is 18.2 Å². The molecule has 2 N–H and O–H groups in total. The SMILES string of the molecule is Nc1nnc(SCc2c[se]c(-c3ccccc3)n2)s1. The Morgan fingerprint density at radius 3 is 2.79 bits per heavy atom. The third kappa shape index (κ3) is 3.25. The van der Waals surface area contributed by atoms with Gasteiger partial charge < -0.3 is 0 Å². The molecule has 3 aromatic rings. The average molecular weight is 353 g/mol. The molecule has 19 heavy (non-hydrogen) atoms. The summed E-state index contributed by atoms with van der Waals surface area (Å²) >= 11 is 3.38. The van der Waals surface area contributed by atoms with E-state index in [0.717, 1.165) is 15.8 Å². The van der Waals surface area contributed by atoms with Crippen LogP contribution in [0.2, 0.25) is 0 Å². The first-order valence-electron chi connectivity index (χ1n) is 5.53. The quantitative estimate of drug-likeness (QED) is 0.577. The molecule has 0 atom stereocenters. The number of nitrogen functional groups attached to an aromatic ring is 1. The summed E-state index contributed by atoms with van der Waals surface area (Å²) in [6, 6.07) is 10.3. The van der Waals surface area contributed by atoms with Crippen molar-refractivity contribution < 1.29 is 0 Å². The van der Waals surface area contributed by atoms with E-state index < -0.39 is 0 Å². The molecular weight excluding hydrogens is 343 g/mol. The molecule has 0 aliphatic heterocycles. The fraction of sp³-hybridized carbons (Fsp3) is 0.0833. The van der Waals surface area contributed by atoms with Crippen molar-refractivity contribution in [3.63, 3.8) is 0 Å². The molecule has 0 bridgehead atoms. The van der Waals surface area contributed by atoms with E-state index in [4.69, 9.17) is 10.7 Å². The summed E-state index contributed by atoms with van der Waals surface area (Å²) in [5.74, 6) is 0.826. The number of anilines is 1. The van der Waals surface area contributed by atoms with Gasteiger partial charge in [0, 0.05) is 0 Å². The first kappa shape index (κ1) is 12.9. The maximum atomic E-state index is 5.55. The van der Waals surface area contributed by atoms with Gasteiger partial charge in [0.15, 0.2) is 0 Å². The Morgan fingerprint density at radius 1 is 1.21 bits per heavy atom. The Morgan fingerprint density at radius 2 is 2.05 bits per heavy atom. The Labute approximate surface area is 124 Å². The Kier molecular flexibility index (Phi) is 3.98. The topological polar surface area (TPSA) is 64.7 Å². The van der Waals surface area contributed by atoms with Crippen LogP contribution in [0, 0.1) is 0 Å². The van der Waals surface area contributed by atoms with Crippen LogP contribution >= 0.6 is 23.1 Å². The third-order valence-corrected chi connectivity index (χ3v) is 6.23. The van der Waals surface area contributed by atoms with Crippen molar-refractivity contribution in [1.29, 1.82) is 0 Å². The first-order chi connectivity index (χ1) is 9.31. The molecule has 0 spiro atoms. The van der Waals surface area contributed by atoms with Crippen LogP contribution in [-0.2, 0) is 5.75 Å². The summed E-state index contributed by atoms with van der Waals surface area (Å²) in [6.07, 6.45) is 0. The van der Waals surface area contributed by atoms with E-state index in [2.05, 4.69) is 27.3 Å². The minimum atomic E-state index is 0.331. The van der Waals surface area contributed by atoms with Crippen LogP contribution in [0.4, 0.5) is 5.13 Å². The fourth-order valence-corrected chi connectivity index (χ4v) is 5.00. The van der Waals surface area contributed by atoms with Crippen LogP contribution in [0.25, 0.3) is 10.1 Å². The fourth-order valence-electron chi connectivity index (χ4n) is 1.50. The van der Waals surface area contributed by atoms with E-state index in [1.54, 1.807) is 11.8 Å². The zero-order chi connectivity index (χ0) is 13.1. The summed E-state index contributed by atoms with van der Waals surface area (Å²) in [5, 5.41) is 8.30. The Balaban J connectivity index is 1.68. The number of nitrogens with zero attached hydrogens (tertiary/aromatic N) is 3. The molecule has 4 nitrogen and oxygen atoms in total. The third-order valence-electron chi connectivity index (χ3n) is 2.34. The zero-order valence-electron chi connectivity index (χ0n) is 9.81. The number of benzene rings is 1. The van der Waals surface area contributed by atoms with Crippen molar-refractivity contribution in [2.24, 2.45) is 0 Å². The van der Waals surface area contributed by atoms with Crippen molar-refractivity contribution in [3.8, 4) is 10.1 Å². The second-order valence-electron chi connectivity index (χ2n) is 3.70. The number of nitrogens with two attached hydrogens (primary N) is 1. The van der Waals surface area contributed by atoms with E-state index >= 15 is 0 Å². The summed E-state index contributed by atoms with van der Waals surface area (Å²) in [7, 11) is 0. The van der Waals surface area contributed by atoms with E-state index in [9.17, 15) is 0 Å². The number of hydrogen-bond acceptors (Lipinski definition) is 6. The monoisotopic (exact) mass is 354 g/mol. The molecule has 3 rings (SSSR count). The molecule has 0 aliphatic rings. The van der Waals surface area contributed by atoms with Gasteiger partial charge in [-0.2, -0.15) is 0 Å². The molecule has 2 heterocycles. The number of aromatic nitrogens is 3. The van der Waals surface area contributed by atoms with Crippen LogP contribution in [0.15, 0.2) is 39.6 Å². The predicted molar refractivity (Wildman–Crippen MR) is 80.5 cm³/mol. The Hall–Kier alpha value is -1.14. The van der Waals surface area contributed by atoms with Crippen molar-refractivity contribution in [3.05, 3.63) is 41.0 Å². The average Bonchev–Trinajstić information content (AvgIpc) is 3.06. The van der Waals surface area contributed by atoms with Gasteiger partial charge in [0.05, 0.1) is 0 Å². The molecular formula is C12H10N4S2Se. The minimum absolute atomic E-state index is 0.331. The molecule has 2 aromatic heterocycles. The van der Waals surface area contributed by atoms with E-state index in [1.165, 1.54) is 21.5 Å². The second-order valence-corrected chi connectivity index (χ2v) is 7.74. The summed E-state index contributed by atoms with van der Waals surface area (Å²) in [6.45, 7) is 0. The standard InChI is InChI=1S/C12H10N4S2Se/c13-11-15-16-12(18-11)17-6-9-7-19-10(14-9)8-4-2-1-3-5-8/h1-5,7H,6H2,(H2,13,15). The van der Waals surface area contributed by atoms with Gasteiger partial charge in [-0.05, 0) is 0 Å². The van der Waals surface area contributed by atoms with Gasteiger partial charge in [0.25, 0.3) is 0 Å². The van der Waals surface area contributed by atoms with Crippen molar-refractivity contribution in [2.75, 3.05) is 5.73 Å². The maximum absolute atomic E-state index is 5.55. The molecule has 0 amide bonds. The molecule has 0 unspecified atom stereocenters. The van der Waals surface area contributed by atoms with Crippen LogP contribution in [0.5, 0.6) is 0 Å². The van der Waals surface area contributed by atoms with Gasteiger partial charge in [0.1, 0.15) is 0 Å². The molecule has 1 aromatic carbocycles. The van der Waals surface area contributed by atoms with Gasteiger partial charge in [0.2, 0.25) is 0 Å². The van der Waals surface area contributed by atoms with Gasteiger partial charge in [-0.15, -0.1) is 0 Å². The van der Waals surface area contributed by atoms with Gasteiger partial charge >= 0.3 is 125 Å². The molecule has 0 aliphatic carbocycles. The van der Waals surface area contributed by atoms with Crippen molar-refractivity contribution in [1.82, 2.24) is 15.2 Å². The second kappa shape index (κ2) is 5.88. The van der Waals surface area contributed by atoms with E-state index in [0.29, 0.717) is 19.6 Å². The number of rotatable bonds is 4. The van der Waals surface area contributed by atoms with Gasteiger partial charge in [-0.1, -0.05) is 0 Å². The first-order valence-corrected chi connectivity index (χ1v) is 9.17. The molecule has 96 valence electrons.